The topological polar surface area (TPSA) is 517 Å². The summed E-state index contributed by atoms with van der Waals surface area (Å²) >= 11 is 11.7. The number of carbonyl (C=O) groups is 6. The second-order valence-electron chi connectivity index (χ2n) is 34.4. The fraction of sp³-hybridized carbons (Fsp3) is 0.361. The van der Waals surface area contributed by atoms with Crippen molar-refractivity contribution in [3.8, 4) is 46.0 Å². The summed E-state index contributed by atoms with van der Waals surface area (Å²) in [5.74, 6) is 7.53. The van der Waals surface area contributed by atoms with Crippen LogP contribution < -0.4 is 96.0 Å². The highest BCUT2D eigenvalue weighted by Gasteiger charge is 2.34. The molecule has 3 aliphatic heterocycles. The van der Waals surface area contributed by atoms with Gasteiger partial charge in [-0.1, -0.05) is 0 Å². The molecule has 42 nitrogen and oxygen atoms in total. The van der Waals surface area contributed by atoms with Crippen molar-refractivity contribution < 1.29 is 90.7 Å². The average molecular weight is 2100 g/mol. The molecular weight excluding hydrogens is 1990 g/mol. The maximum atomic E-state index is 12.8. The highest BCUT2D eigenvalue weighted by Crippen LogP contribution is 2.41. The first-order valence-corrected chi connectivity index (χ1v) is 49.1. The Morgan fingerprint density at radius 3 is 1.17 bits per heavy atom. The Labute approximate surface area is 862 Å². The third-order valence-electron chi connectivity index (χ3n) is 22.1. The number of hydrogen-bond donors (Lipinski definition) is 10. The number of carboxylic acid groups (broad SMARTS) is 1. The summed E-state index contributed by atoms with van der Waals surface area (Å²) in [7, 11) is 15.4. The summed E-state index contributed by atoms with van der Waals surface area (Å²) in [6, 6.07) is 34.5. The van der Waals surface area contributed by atoms with Gasteiger partial charge in [0.05, 0.1) is 110 Å². The van der Waals surface area contributed by atoms with Gasteiger partial charge in [-0.3, -0.25) is 4.79 Å². The molecule has 4 aliphatic rings. The number of aromatic nitrogens is 12. The van der Waals surface area contributed by atoms with Crippen LogP contribution in [-0.4, -0.2) is 247 Å². The lowest BCUT2D eigenvalue weighted by atomic mass is 10.1. The van der Waals surface area contributed by atoms with Gasteiger partial charge >= 0.3 is 30.1 Å². The van der Waals surface area contributed by atoms with Crippen molar-refractivity contribution in [1.82, 2.24) is 81.1 Å². The molecule has 768 valence electrons. The molecule has 145 heavy (non-hydrogen) atoms. The van der Waals surface area contributed by atoms with Crippen molar-refractivity contribution in [3.05, 3.63) is 177 Å². The van der Waals surface area contributed by atoms with Crippen molar-refractivity contribution in [2.45, 2.75) is 121 Å². The first-order valence-electron chi connectivity index (χ1n) is 45.2. The molecule has 48 heteroatoms. The summed E-state index contributed by atoms with van der Waals surface area (Å²) in [6.45, 7) is 15.8. The molecular formula is C97H113Cl2N23O19S4. The molecule has 3 saturated heterocycles. The van der Waals surface area contributed by atoms with Crippen LogP contribution >= 0.6 is 69.4 Å². The number of amides is 3. The Balaban J connectivity index is 0.000000161. The van der Waals surface area contributed by atoms with Crippen LogP contribution in [0.5, 0.6) is 46.0 Å². The number of halogens is 2. The minimum Gasteiger partial charge on any atom is -0.493 e. The Bertz CT molecular complexity index is 6790. The molecule has 14 aromatic rings. The number of nitrogens with one attached hydrogen (secondary N) is 8. The highest BCUT2D eigenvalue weighted by molar-refractivity contribution is 7.17. The molecule has 1 saturated carbocycles. The normalized spacial score (nSPS) is 15.5. The van der Waals surface area contributed by atoms with E-state index in [0.717, 1.165) is 124 Å². The molecule has 0 spiro atoms. The Morgan fingerprint density at radius 1 is 0.414 bits per heavy atom. The van der Waals surface area contributed by atoms with Crippen LogP contribution in [0.2, 0.25) is 5.28 Å². The predicted octanol–water partition coefficient (Wildman–Crippen LogP) is 17.0. The largest absolute Gasteiger partial charge is 0.493 e. The predicted molar refractivity (Wildman–Crippen MR) is 560 cm³/mol. The first kappa shape index (κ1) is 109. The van der Waals surface area contributed by atoms with E-state index in [-0.39, 0.29) is 71.4 Å². The number of esters is 2. The average Bonchev–Trinajstić information content (AvgIpc) is 1.65. The third kappa shape index (κ3) is 29.8. The third-order valence-corrected chi connectivity index (χ3v) is 25.1. The number of fused-ring (bicyclic) bond motifs is 4. The minimum atomic E-state index is -1.02. The van der Waals surface area contributed by atoms with Gasteiger partial charge in [0.1, 0.15) is 43.9 Å². The van der Waals surface area contributed by atoms with E-state index < -0.39 is 29.1 Å². The molecule has 11 N–H and O–H groups in total. The molecule has 0 radical (unpaired) electrons. The molecule has 5 atom stereocenters. The SMILES string of the molecule is CC(C)(C)OC(=O)NC1CCNC1.COC(=O)c1ccc(C(=O)NC2CCN(c3nc(Nc4ccc(OC)c(OC)c4)c4ncsc4n3)C2)cc1.COC(=O)c1ccc(C(=O)O)cc1.COc1ccc(Nc2nc(C3CCC(NC(=O)OC(C)(C)C)C3)nc3scnc23)cc1OC.COc1ccc(Nc2nc(Cl)nc3scnc23)cc1OC.COc1ccc(Nc2nc(N3CCC(N)C3)nc3scnc23)cc1OC.Cl. The molecule has 5 unspecified atom stereocenters. The molecule has 1 aliphatic carbocycles. The number of carboxylic acids is 1. The number of methoxy groups -OCH3 is 10. The molecule has 11 heterocycles. The minimum absolute atomic E-state index is 0. The zero-order valence-electron chi connectivity index (χ0n) is 82.3. The zero-order valence-corrected chi connectivity index (χ0v) is 87.1. The van der Waals surface area contributed by atoms with Crippen molar-refractivity contribution in [1.29, 1.82) is 0 Å². The first-order chi connectivity index (χ1) is 69.2. The molecule has 6 aromatic carbocycles. The summed E-state index contributed by atoms with van der Waals surface area (Å²) in [4.78, 5) is 131. The van der Waals surface area contributed by atoms with E-state index in [1.54, 1.807) is 103 Å². The van der Waals surface area contributed by atoms with E-state index in [4.69, 9.17) is 99.5 Å². The van der Waals surface area contributed by atoms with Gasteiger partial charge in [0, 0.05) is 115 Å². The van der Waals surface area contributed by atoms with Gasteiger partial charge in [0.2, 0.25) is 17.2 Å². The van der Waals surface area contributed by atoms with Crippen LogP contribution in [0, 0.1) is 0 Å². The van der Waals surface area contributed by atoms with E-state index in [0.29, 0.717) is 122 Å². The van der Waals surface area contributed by atoms with Crippen molar-refractivity contribution in [2.24, 2.45) is 5.73 Å². The number of alkyl carbamates (subject to hydrolysis) is 2. The summed E-state index contributed by atoms with van der Waals surface area (Å²) in [5.41, 5.74) is 19.5. The van der Waals surface area contributed by atoms with Gasteiger partial charge in [-0.05, 0) is 195 Å². The number of carbonyl (C=O) groups excluding carboxylic acids is 5. The molecule has 4 fully saturated rings. The van der Waals surface area contributed by atoms with E-state index >= 15 is 0 Å². The number of benzene rings is 6. The molecule has 3 amide bonds. The standard InChI is InChI=1S/C26H26N6O5S.C23H29N5O4S.C17H20N6O2S.C13H11ClN4O2S.C9H18N2O2.C9H8O4.ClH/c1-35-19-9-8-17(12-20(19)36-2)28-22-21-24(38-14-27-21)31-26(30-22)32-11-10-18(13-32)29-23(33)15-4-6-16(7-5-15)25(34)37-3;1-23(2,3)32-22(29)26-14-7-6-13(10-14)19-27-20(18-21(28-19)33-12-24-18)25-15-8-9-16(30-4)17(11-15)31-5;1-24-12-4-3-11(7-13(12)25-2)20-15-14-16(26-9-19-14)22-17(21-15)23-6-5-10(18)8-23;1-19-8-4-3-7(5-9(8)20-2)16-11-10-12(21-6-15-10)18-13(14)17-11;1-9(2,3)13-8(12)11-7-4-5-10-6-7;1-13-9(12)7-4-2-6(3-5-7)8(10)11;/h4-9,12,14,18H,10-11,13H2,1-3H3,(H,29,33)(H,28,30,31);8-9,11-14H,6-7,10H2,1-5H3,(H,26,29)(H,25,27,28);3-4,7,9-10H,5-6,8,18H2,1-2H3,(H,20,21,22);3-6H,1-2H3,(H,16,17,18);7,10H,4-6H2,1-3H3,(H,11,12);2-5H,1H3,(H,10,11);1H. The highest BCUT2D eigenvalue weighted by atomic mass is 35.5. The van der Waals surface area contributed by atoms with Crippen LogP contribution in [0.1, 0.15) is 133 Å². The smallest absolute Gasteiger partial charge is 0.407 e. The maximum Gasteiger partial charge on any atom is 0.407 e. The van der Waals surface area contributed by atoms with Gasteiger partial charge in [0.15, 0.2) is 83.8 Å². The van der Waals surface area contributed by atoms with Crippen LogP contribution in [0.15, 0.2) is 143 Å². The van der Waals surface area contributed by atoms with Crippen molar-refractivity contribution in [2.75, 3.05) is 141 Å². The molecule has 0 bridgehead atoms. The molecule has 18 rings (SSSR count). The lowest BCUT2D eigenvalue weighted by Crippen LogP contribution is -2.40. The lowest BCUT2D eigenvalue weighted by molar-refractivity contribution is 0.0494. The number of hydrogen-bond acceptors (Lipinski definition) is 42. The van der Waals surface area contributed by atoms with Crippen LogP contribution in [0.25, 0.3) is 41.4 Å². The van der Waals surface area contributed by atoms with Gasteiger partial charge in [0.25, 0.3) is 5.91 Å². The van der Waals surface area contributed by atoms with Crippen molar-refractivity contribution in [3.63, 3.8) is 0 Å². The second kappa shape index (κ2) is 51.0. The van der Waals surface area contributed by atoms with E-state index in [1.807, 2.05) is 119 Å². The fourth-order valence-electron chi connectivity index (χ4n) is 15.1. The lowest BCUT2D eigenvalue weighted by Gasteiger charge is -2.21. The zero-order chi connectivity index (χ0) is 103. The number of nitrogens with two attached hydrogens (primary N) is 1. The summed E-state index contributed by atoms with van der Waals surface area (Å²) < 4.78 is 62.3. The maximum absolute atomic E-state index is 12.8. The van der Waals surface area contributed by atoms with Gasteiger partial charge in [-0.25, -0.2) is 58.9 Å². The number of anilines is 10. The summed E-state index contributed by atoms with van der Waals surface area (Å²) in [6.07, 6.45) is 4.48. The van der Waals surface area contributed by atoms with Crippen molar-refractivity contribution >= 4 is 205 Å². The van der Waals surface area contributed by atoms with Gasteiger partial charge < -0.3 is 120 Å². The molecule has 8 aromatic heterocycles. The Kier molecular flexibility index (Phi) is 38.4. The number of nitrogens with zero attached hydrogens (tertiary/aromatic N) is 14. The van der Waals surface area contributed by atoms with E-state index in [1.165, 1.54) is 83.8 Å². The number of aromatic carboxylic acids is 1. The Hall–Kier alpha value is -14.7. The van der Waals surface area contributed by atoms with Crippen LogP contribution in [-0.2, 0) is 18.9 Å². The number of ether oxygens (including phenoxy) is 12. The van der Waals surface area contributed by atoms with Gasteiger partial charge in [-0.15, -0.1) is 57.8 Å². The van der Waals surface area contributed by atoms with E-state index in [2.05, 4.69) is 87.1 Å². The number of rotatable bonds is 26. The van der Waals surface area contributed by atoms with Crippen LogP contribution in [0.3, 0.4) is 0 Å². The number of thiazole rings is 4. The monoisotopic (exact) mass is 2100 g/mol. The summed E-state index contributed by atoms with van der Waals surface area (Å²) in [5, 5.41) is 34.0. The fourth-order valence-corrected chi connectivity index (χ4v) is 18.0. The second-order valence-corrected chi connectivity index (χ2v) is 38.0. The van der Waals surface area contributed by atoms with Gasteiger partial charge in [-0.2, -0.15) is 24.9 Å². The Morgan fingerprint density at radius 2 is 0.786 bits per heavy atom. The van der Waals surface area contributed by atoms with E-state index in [9.17, 15) is 28.8 Å². The van der Waals surface area contributed by atoms with Crippen LogP contribution in [0.4, 0.5) is 67.5 Å². The quantitative estimate of drug-likeness (QED) is 0.0137.